The minimum absolute atomic E-state index is 0.0814. The summed E-state index contributed by atoms with van der Waals surface area (Å²) in [7, 11) is 1.62. The number of nitrogens with zero attached hydrogens (tertiary/aromatic N) is 1. The molecule has 1 aromatic carbocycles. The van der Waals surface area contributed by atoms with Crippen LogP contribution in [-0.4, -0.2) is 17.5 Å². The number of ether oxygens (including phenoxy) is 1. The van der Waals surface area contributed by atoms with Crippen LogP contribution >= 0.6 is 11.6 Å². The average molecular weight is 200 g/mol. The molecule has 0 aliphatic rings. The number of rotatable bonds is 3. The van der Waals surface area contributed by atoms with Crippen molar-refractivity contribution < 1.29 is 9.94 Å². The molecule has 1 aromatic rings. The minimum Gasteiger partial charge on any atom is -0.410 e. The van der Waals surface area contributed by atoms with Crippen molar-refractivity contribution in [3.05, 3.63) is 35.4 Å². The van der Waals surface area contributed by atoms with Crippen molar-refractivity contribution in [2.45, 2.75) is 6.61 Å². The molecule has 1 rings (SSSR count). The summed E-state index contributed by atoms with van der Waals surface area (Å²) in [5.74, 6) is 0. The van der Waals surface area contributed by atoms with E-state index in [1.54, 1.807) is 13.2 Å². The highest BCUT2D eigenvalue weighted by atomic mass is 35.5. The monoisotopic (exact) mass is 199 g/mol. The maximum Gasteiger partial charge on any atom is 0.175 e. The minimum atomic E-state index is 0.0814. The Balaban J connectivity index is 2.91. The van der Waals surface area contributed by atoms with Gasteiger partial charge >= 0.3 is 0 Å². The van der Waals surface area contributed by atoms with Crippen LogP contribution in [0.2, 0.25) is 0 Å². The molecule has 0 atom stereocenters. The van der Waals surface area contributed by atoms with Crippen LogP contribution in [0.4, 0.5) is 0 Å². The van der Waals surface area contributed by atoms with Crippen molar-refractivity contribution in [2.24, 2.45) is 5.16 Å². The third-order valence-corrected chi connectivity index (χ3v) is 1.86. The first kappa shape index (κ1) is 10.0. The van der Waals surface area contributed by atoms with Crippen LogP contribution in [0.15, 0.2) is 29.4 Å². The molecule has 0 fully saturated rings. The van der Waals surface area contributed by atoms with Gasteiger partial charge in [-0.05, 0) is 11.6 Å². The molecule has 0 spiro atoms. The second-order valence-electron chi connectivity index (χ2n) is 2.52. The van der Waals surface area contributed by atoms with Gasteiger partial charge in [0.1, 0.15) is 0 Å². The Bertz CT molecular complexity index is 312. The summed E-state index contributed by atoms with van der Waals surface area (Å²) in [6, 6.07) is 7.32. The molecular weight excluding hydrogens is 190 g/mol. The second kappa shape index (κ2) is 4.84. The van der Waals surface area contributed by atoms with Gasteiger partial charge < -0.3 is 9.94 Å². The third kappa shape index (κ3) is 2.72. The van der Waals surface area contributed by atoms with Gasteiger partial charge in [0.2, 0.25) is 0 Å². The Morgan fingerprint density at radius 1 is 1.62 bits per heavy atom. The van der Waals surface area contributed by atoms with E-state index < -0.39 is 0 Å². The van der Waals surface area contributed by atoms with Gasteiger partial charge in [-0.25, -0.2) is 0 Å². The van der Waals surface area contributed by atoms with E-state index in [2.05, 4.69) is 5.16 Å². The van der Waals surface area contributed by atoms with Crippen molar-refractivity contribution in [3.8, 4) is 0 Å². The molecule has 0 radical (unpaired) electrons. The Morgan fingerprint density at radius 2 is 2.38 bits per heavy atom. The number of methoxy groups -OCH3 is 1. The van der Waals surface area contributed by atoms with Crippen LogP contribution in [0, 0.1) is 0 Å². The third-order valence-electron chi connectivity index (χ3n) is 1.56. The van der Waals surface area contributed by atoms with Gasteiger partial charge in [0.15, 0.2) is 5.17 Å². The van der Waals surface area contributed by atoms with Crippen LogP contribution in [0.3, 0.4) is 0 Å². The van der Waals surface area contributed by atoms with Crippen LogP contribution in [0.5, 0.6) is 0 Å². The van der Waals surface area contributed by atoms with Crippen LogP contribution in [0.1, 0.15) is 11.1 Å². The van der Waals surface area contributed by atoms with E-state index in [-0.39, 0.29) is 5.17 Å². The number of hydrogen-bond donors (Lipinski definition) is 1. The summed E-state index contributed by atoms with van der Waals surface area (Å²) in [4.78, 5) is 0. The summed E-state index contributed by atoms with van der Waals surface area (Å²) in [5.41, 5.74) is 1.67. The topological polar surface area (TPSA) is 41.8 Å². The molecule has 1 N–H and O–H groups in total. The molecule has 0 heterocycles. The SMILES string of the molecule is COCc1cccc(/C(Cl)=N/O)c1. The van der Waals surface area contributed by atoms with E-state index in [1.807, 2.05) is 18.2 Å². The van der Waals surface area contributed by atoms with Crippen LogP contribution in [-0.2, 0) is 11.3 Å². The molecule has 0 saturated carbocycles. The number of benzene rings is 1. The Hall–Kier alpha value is -1.06. The van der Waals surface area contributed by atoms with Crippen LogP contribution in [0.25, 0.3) is 0 Å². The first-order valence-electron chi connectivity index (χ1n) is 3.73. The average Bonchev–Trinajstić information content (AvgIpc) is 2.18. The lowest BCUT2D eigenvalue weighted by atomic mass is 10.1. The number of hydrogen-bond acceptors (Lipinski definition) is 3. The van der Waals surface area contributed by atoms with Gasteiger partial charge in [-0.2, -0.15) is 0 Å². The quantitative estimate of drug-likeness (QED) is 0.461. The van der Waals surface area contributed by atoms with Gasteiger partial charge in [0, 0.05) is 12.7 Å². The molecule has 13 heavy (non-hydrogen) atoms. The predicted molar refractivity (Wildman–Crippen MR) is 51.3 cm³/mol. The predicted octanol–water partition coefficient (Wildman–Crippen LogP) is 2.21. The zero-order valence-electron chi connectivity index (χ0n) is 7.20. The molecule has 0 unspecified atom stereocenters. The van der Waals surface area contributed by atoms with Gasteiger partial charge in [-0.15, -0.1) is 0 Å². The largest absolute Gasteiger partial charge is 0.410 e. The molecule has 0 amide bonds. The Morgan fingerprint density at radius 3 is 3.00 bits per heavy atom. The van der Waals surface area contributed by atoms with Crippen molar-refractivity contribution >= 4 is 16.8 Å². The Kier molecular flexibility index (Phi) is 3.73. The van der Waals surface area contributed by atoms with Crippen LogP contribution < -0.4 is 0 Å². The summed E-state index contributed by atoms with van der Waals surface area (Å²) < 4.78 is 4.95. The van der Waals surface area contributed by atoms with Crippen molar-refractivity contribution in [1.82, 2.24) is 0 Å². The molecule has 0 bridgehead atoms. The number of oxime groups is 1. The number of halogens is 1. The van der Waals surface area contributed by atoms with E-state index in [9.17, 15) is 0 Å². The summed E-state index contributed by atoms with van der Waals surface area (Å²) in [6.45, 7) is 0.517. The van der Waals surface area contributed by atoms with E-state index in [0.29, 0.717) is 12.2 Å². The smallest absolute Gasteiger partial charge is 0.175 e. The maximum atomic E-state index is 8.43. The molecule has 0 aromatic heterocycles. The van der Waals surface area contributed by atoms with Crippen molar-refractivity contribution in [2.75, 3.05) is 7.11 Å². The standard InChI is InChI=1S/C9H10ClNO2/c1-13-6-7-3-2-4-8(5-7)9(10)11-12/h2-5,12H,6H2,1H3/b11-9-. The fourth-order valence-corrected chi connectivity index (χ4v) is 1.13. The van der Waals surface area contributed by atoms with E-state index >= 15 is 0 Å². The highest BCUT2D eigenvalue weighted by Gasteiger charge is 2.00. The second-order valence-corrected chi connectivity index (χ2v) is 2.88. The lowest BCUT2D eigenvalue weighted by Crippen LogP contribution is -1.94. The zero-order chi connectivity index (χ0) is 9.68. The zero-order valence-corrected chi connectivity index (χ0v) is 7.95. The summed E-state index contributed by atoms with van der Waals surface area (Å²) in [5, 5.41) is 11.4. The summed E-state index contributed by atoms with van der Waals surface area (Å²) >= 11 is 5.62. The first-order chi connectivity index (χ1) is 6.27. The molecule has 0 aliphatic heterocycles. The van der Waals surface area contributed by atoms with E-state index in [1.165, 1.54) is 0 Å². The van der Waals surface area contributed by atoms with Gasteiger partial charge in [0.05, 0.1) is 6.61 Å². The molecular formula is C9H10ClNO2. The van der Waals surface area contributed by atoms with Crippen molar-refractivity contribution in [1.29, 1.82) is 0 Å². The van der Waals surface area contributed by atoms with Crippen molar-refractivity contribution in [3.63, 3.8) is 0 Å². The molecule has 0 saturated heterocycles. The van der Waals surface area contributed by atoms with E-state index in [0.717, 1.165) is 5.56 Å². The molecule has 70 valence electrons. The summed E-state index contributed by atoms with van der Waals surface area (Å²) in [6.07, 6.45) is 0. The molecule has 3 nitrogen and oxygen atoms in total. The lowest BCUT2D eigenvalue weighted by Gasteiger charge is -2.01. The molecule has 0 aliphatic carbocycles. The highest BCUT2D eigenvalue weighted by Crippen LogP contribution is 2.09. The fraction of sp³-hybridized carbons (Fsp3) is 0.222. The van der Waals surface area contributed by atoms with Gasteiger partial charge in [-0.3, -0.25) is 0 Å². The normalized spacial score (nSPS) is 11.7. The molecule has 4 heteroatoms. The first-order valence-corrected chi connectivity index (χ1v) is 4.11. The maximum absolute atomic E-state index is 8.43. The Labute approximate surface area is 81.6 Å². The fourth-order valence-electron chi connectivity index (χ4n) is 1.01. The van der Waals surface area contributed by atoms with E-state index in [4.69, 9.17) is 21.5 Å². The van der Waals surface area contributed by atoms with Gasteiger partial charge in [0.25, 0.3) is 0 Å². The highest BCUT2D eigenvalue weighted by molar-refractivity contribution is 6.69. The lowest BCUT2D eigenvalue weighted by molar-refractivity contribution is 0.185. The van der Waals surface area contributed by atoms with Gasteiger partial charge in [-0.1, -0.05) is 35.0 Å².